The Balaban J connectivity index is 2.00. The molecule has 0 saturated heterocycles. The van der Waals surface area contributed by atoms with Crippen LogP contribution in [0.3, 0.4) is 0 Å². The topological polar surface area (TPSA) is 12.0 Å². The SMILES string of the molecule is CCNC(CSC(C)C)CC1CCCc2ccccc21. The van der Waals surface area contributed by atoms with Gasteiger partial charge in [-0.1, -0.05) is 45.0 Å². The van der Waals surface area contributed by atoms with Crippen molar-refractivity contribution in [1.82, 2.24) is 5.32 Å². The molecule has 0 aromatic heterocycles. The fourth-order valence-electron chi connectivity index (χ4n) is 3.25. The molecule has 0 amide bonds. The van der Waals surface area contributed by atoms with Gasteiger partial charge in [0.1, 0.15) is 0 Å². The lowest BCUT2D eigenvalue weighted by Crippen LogP contribution is -2.33. The summed E-state index contributed by atoms with van der Waals surface area (Å²) in [5.41, 5.74) is 3.21. The highest BCUT2D eigenvalue weighted by Crippen LogP contribution is 2.35. The molecule has 0 saturated carbocycles. The van der Waals surface area contributed by atoms with Crippen LogP contribution in [0.4, 0.5) is 0 Å². The molecule has 0 aliphatic heterocycles. The van der Waals surface area contributed by atoms with Crippen molar-refractivity contribution >= 4 is 11.8 Å². The Bertz CT molecular complexity index is 402. The Morgan fingerprint density at radius 2 is 2.10 bits per heavy atom. The van der Waals surface area contributed by atoms with Crippen LogP contribution in [0, 0.1) is 0 Å². The Labute approximate surface area is 128 Å². The number of nitrogens with one attached hydrogen (secondary N) is 1. The quantitative estimate of drug-likeness (QED) is 0.787. The first kappa shape index (κ1) is 15.9. The number of rotatable bonds is 7. The van der Waals surface area contributed by atoms with Gasteiger partial charge in [-0.25, -0.2) is 0 Å². The van der Waals surface area contributed by atoms with E-state index in [1.54, 1.807) is 11.1 Å². The van der Waals surface area contributed by atoms with E-state index in [4.69, 9.17) is 0 Å². The predicted molar refractivity (Wildman–Crippen MR) is 91.8 cm³/mol. The second-order valence-corrected chi connectivity index (χ2v) is 7.77. The molecule has 1 aromatic rings. The molecule has 2 heteroatoms. The predicted octanol–water partition coefficient (Wildman–Crippen LogP) is 4.62. The van der Waals surface area contributed by atoms with Gasteiger partial charge in [0.05, 0.1) is 0 Å². The molecule has 1 aromatic carbocycles. The number of thioether (sulfide) groups is 1. The summed E-state index contributed by atoms with van der Waals surface area (Å²) < 4.78 is 0. The number of fused-ring (bicyclic) bond motifs is 1. The van der Waals surface area contributed by atoms with E-state index in [1.165, 1.54) is 31.4 Å². The maximum absolute atomic E-state index is 3.70. The van der Waals surface area contributed by atoms with Gasteiger partial charge in [0.15, 0.2) is 0 Å². The van der Waals surface area contributed by atoms with Gasteiger partial charge < -0.3 is 5.32 Å². The zero-order chi connectivity index (χ0) is 14.4. The maximum atomic E-state index is 3.70. The van der Waals surface area contributed by atoms with Crippen molar-refractivity contribution in [1.29, 1.82) is 0 Å². The van der Waals surface area contributed by atoms with Gasteiger partial charge in [0.2, 0.25) is 0 Å². The summed E-state index contributed by atoms with van der Waals surface area (Å²) >= 11 is 2.09. The minimum Gasteiger partial charge on any atom is -0.313 e. The lowest BCUT2D eigenvalue weighted by molar-refractivity contribution is 0.440. The Morgan fingerprint density at radius 3 is 2.85 bits per heavy atom. The summed E-state index contributed by atoms with van der Waals surface area (Å²) in [6, 6.07) is 9.74. The van der Waals surface area contributed by atoms with E-state index in [-0.39, 0.29) is 0 Å². The molecule has 2 atom stereocenters. The van der Waals surface area contributed by atoms with Gasteiger partial charge in [-0.15, -0.1) is 0 Å². The van der Waals surface area contributed by atoms with Crippen LogP contribution >= 0.6 is 11.8 Å². The minimum absolute atomic E-state index is 0.656. The molecular formula is C18H29NS. The molecule has 0 bridgehead atoms. The number of benzene rings is 1. The van der Waals surface area contributed by atoms with Gasteiger partial charge in [0, 0.05) is 11.8 Å². The zero-order valence-electron chi connectivity index (χ0n) is 13.2. The first-order valence-electron chi connectivity index (χ1n) is 8.13. The van der Waals surface area contributed by atoms with Crippen molar-refractivity contribution in [2.24, 2.45) is 0 Å². The van der Waals surface area contributed by atoms with Crippen molar-refractivity contribution in [3.63, 3.8) is 0 Å². The average Bonchev–Trinajstić information content (AvgIpc) is 2.45. The van der Waals surface area contributed by atoms with Gasteiger partial charge in [-0.3, -0.25) is 0 Å². The van der Waals surface area contributed by atoms with Crippen molar-refractivity contribution in [3.05, 3.63) is 35.4 Å². The fraction of sp³-hybridized carbons (Fsp3) is 0.667. The zero-order valence-corrected chi connectivity index (χ0v) is 14.0. The first-order valence-corrected chi connectivity index (χ1v) is 9.18. The highest BCUT2D eigenvalue weighted by Gasteiger charge is 2.23. The number of hydrogen-bond acceptors (Lipinski definition) is 2. The van der Waals surface area contributed by atoms with Crippen molar-refractivity contribution in [2.45, 2.75) is 63.7 Å². The Morgan fingerprint density at radius 1 is 1.30 bits per heavy atom. The van der Waals surface area contributed by atoms with Gasteiger partial charge in [0.25, 0.3) is 0 Å². The molecule has 1 N–H and O–H groups in total. The van der Waals surface area contributed by atoms with Gasteiger partial charge in [-0.05, 0) is 54.5 Å². The summed E-state index contributed by atoms with van der Waals surface area (Å²) in [6.07, 6.45) is 5.30. The molecule has 0 fully saturated rings. The van der Waals surface area contributed by atoms with Crippen LogP contribution in [0.2, 0.25) is 0 Å². The maximum Gasteiger partial charge on any atom is 0.0164 e. The van der Waals surface area contributed by atoms with Crippen LogP contribution < -0.4 is 5.32 Å². The molecule has 2 unspecified atom stereocenters. The molecule has 20 heavy (non-hydrogen) atoms. The molecule has 1 aliphatic carbocycles. The van der Waals surface area contributed by atoms with Crippen LogP contribution in [0.15, 0.2) is 24.3 Å². The summed E-state index contributed by atoms with van der Waals surface area (Å²) in [7, 11) is 0. The van der Waals surface area contributed by atoms with Crippen LogP contribution in [0.5, 0.6) is 0 Å². The monoisotopic (exact) mass is 291 g/mol. The number of aryl methyl sites for hydroxylation is 1. The van der Waals surface area contributed by atoms with Crippen molar-refractivity contribution < 1.29 is 0 Å². The minimum atomic E-state index is 0.656. The largest absolute Gasteiger partial charge is 0.313 e. The third-order valence-electron chi connectivity index (χ3n) is 4.19. The molecular weight excluding hydrogens is 262 g/mol. The fourth-order valence-corrected chi connectivity index (χ4v) is 4.12. The van der Waals surface area contributed by atoms with E-state index in [2.05, 4.69) is 62.1 Å². The molecule has 112 valence electrons. The van der Waals surface area contributed by atoms with E-state index < -0.39 is 0 Å². The standard InChI is InChI=1S/C18H29NS/c1-4-19-17(13-20-14(2)3)12-16-10-7-9-15-8-5-6-11-18(15)16/h5-6,8,11,14,16-17,19H,4,7,9-10,12-13H2,1-3H3. The Kier molecular flexibility index (Phi) is 6.44. The summed E-state index contributed by atoms with van der Waals surface area (Å²) in [5.74, 6) is 2.00. The van der Waals surface area contributed by atoms with Gasteiger partial charge in [-0.2, -0.15) is 11.8 Å². The lowest BCUT2D eigenvalue weighted by Gasteiger charge is -2.29. The van der Waals surface area contributed by atoms with Crippen LogP contribution in [-0.2, 0) is 6.42 Å². The Hall–Kier alpha value is -0.470. The smallest absolute Gasteiger partial charge is 0.0164 e. The molecule has 1 nitrogen and oxygen atoms in total. The second kappa shape index (κ2) is 8.09. The lowest BCUT2D eigenvalue weighted by atomic mass is 9.80. The summed E-state index contributed by atoms with van der Waals surface area (Å²) in [4.78, 5) is 0. The van der Waals surface area contributed by atoms with Crippen LogP contribution in [0.25, 0.3) is 0 Å². The molecule has 0 heterocycles. The average molecular weight is 292 g/mol. The van der Waals surface area contributed by atoms with E-state index >= 15 is 0 Å². The first-order chi connectivity index (χ1) is 9.70. The molecule has 2 rings (SSSR count). The van der Waals surface area contributed by atoms with Crippen molar-refractivity contribution in [3.8, 4) is 0 Å². The second-order valence-electron chi connectivity index (χ2n) is 6.16. The molecule has 0 radical (unpaired) electrons. The van der Waals surface area contributed by atoms with E-state index in [1.807, 2.05) is 0 Å². The highest BCUT2D eigenvalue weighted by molar-refractivity contribution is 7.99. The van der Waals surface area contributed by atoms with Crippen LogP contribution in [-0.4, -0.2) is 23.6 Å². The van der Waals surface area contributed by atoms with E-state index in [0.29, 0.717) is 6.04 Å². The summed E-state index contributed by atoms with van der Waals surface area (Å²) in [6.45, 7) is 7.90. The highest BCUT2D eigenvalue weighted by atomic mass is 32.2. The molecule has 1 aliphatic rings. The van der Waals surface area contributed by atoms with Gasteiger partial charge >= 0.3 is 0 Å². The van der Waals surface area contributed by atoms with E-state index in [9.17, 15) is 0 Å². The van der Waals surface area contributed by atoms with Crippen LogP contribution in [0.1, 0.15) is 57.1 Å². The third-order valence-corrected chi connectivity index (χ3v) is 5.45. The number of hydrogen-bond donors (Lipinski definition) is 1. The summed E-state index contributed by atoms with van der Waals surface area (Å²) in [5, 5.41) is 4.43. The van der Waals surface area contributed by atoms with E-state index in [0.717, 1.165) is 17.7 Å². The molecule has 0 spiro atoms. The third kappa shape index (κ3) is 4.53. The van der Waals surface area contributed by atoms with Crippen molar-refractivity contribution in [2.75, 3.05) is 12.3 Å². The normalized spacial score (nSPS) is 19.9.